The van der Waals surface area contributed by atoms with Gasteiger partial charge in [-0.1, -0.05) is 33.0 Å². The lowest BCUT2D eigenvalue weighted by Crippen LogP contribution is -2.44. The van der Waals surface area contributed by atoms with Crippen molar-refractivity contribution in [2.75, 3.05) is 6.54 Å². The van der Waals surface area contributed by atoms with Crippen LogP contribution in [-0.2, 0) is 10.0 Å². The first-order chi connectivity index (χ1) is 7.75. The number of thiocarbonyl (C=S) groups is 1. The van der Waals surface area contributed by atoms with Crippen molar-refractivity contribution in [2.45, 2.75) is 45.3 Å². The monoisotopic (exact) mass is 278 g/mol. The van der Waals surface area contributed by atoms with Crippen LogP contribution in [0.5, 0.6) is 0 Å². The molecule has 1 atom stereocenters. The maximum atomic E-state index is 12.0. The zero-order valence-electron chi connectivity index (χ0n) is 10.7. The Bertz CT molecular complexity index is 386. The first-order valence-electron chi connectivity index (χ1n) is 6.03. The van der Waals surface area contributed by atoms with Gasteiger partial charge in [0, 0.05) is 6.54 Å². The minimum Gasteiger partial charge on any atom is -0.392 e. The second kappa shape index (κ2) is 5.20. The summed E-state index contributed by atoms with van der Waals surface area (Å²) in [4.78, 5) is 0.0504. The molecule has 6 heteroatoms. The van der Waals surface area contributed by atoms with Crippen molar-refractivity contribution in [2.24, 2.45) is 17.1 Å². The molecule has 1 saturated carbocycles. The third-order valence-corrected chi connectivity index (χ3v) is 6.12. The number of sulfonamides is 1. The Labute approximate surface area is 109 Å². The van der Waals surface area contributed by atoms with Gasteiger partial charge in [-0.15, -0.1) is 0 Å². The third-order valence-electron chi connectivity index (χ3n) is 3.81. The van der Waals surface area contributed by atoms with E-state index >= 15 is 0 Å². The molecule has 0 aliphatic heterocycles. The van der Waals surface area contributed by atoms with E-state index in [1.54, 1.807) is 6.92 Å². The van der Waals surface area contributed by atoms with Gasteiger partial charge in [-0.2, -0.15) is 0 Å². The minimum absolute atomic E-state index is 0.0504. The van der Waals surface area contributed by atoms with E-state index in [2.05, 4.69) is 18.6 Å². The van der Waals surface area contributed by atoms with E-state index in [0.717, 1.165) is 12.8 Å². The predicted molar refractivity (Wildman–Crippen MR) is 74.3 cm³/mol. The molecule has 0 bridgehead atoms. The Kier molecular flexibility index (Phi) is 4.54. The zero-order valence-corrected chi connectivity index (χ0v) is 12.3. The van der Waals surface area contributed by atoms with Crippen LogP contribution < -0.4 is 10.5 Å². The third kappa shape index (κ3) is 3.39. The van der Waals surface area contributed by atoms with Gasteiger partial charge in [-0.3, -0.25) is 0 Å². The number of hydrogen-bond acceptors (Lipinski definition) is 3. The lowest BCUT2D eigenvalue weighted by Gasteiger charge is -2.22. The molecule has 0 spiro atoms. The number of rotatable bonds is 7. The second-order valence-electron chi connectivity index (χ2n) is 5.18. The summed E-state index contributed by atoms with van der Waals surface area (Å²) in [5.74, 6) is 0.495. The lowest BCUT2D eigenvalue weighted by molar-refractivity contribution is 0.357. The highest BCUT2D eigenvalue weighted by atomic mass is 32.2. The van der Waals surface area contributed by atoms with Crippen LogP contribution in [0, 0.1) is 11.3 Å². The molecule has 1 fully saturated rings. The summed E-state index contributed by atoms with van der Waals surface area (Å²) < 4.78 is 26.7. The van der Waals surface area contributed by atoms with Crippen molar-refractivity contribution < 1.29 is 8.42 Å². The Balaban J connectivity index is 2.65. The maximum absolute atomic E-state index is 12.0. The van der Waals surface area contributed by atoms with Crippen LogP contribution >= 0.6 is 12.2 Å². The van der Waals surface area contributed by atoms with Gasteiger partial charge < -0.3 is 5.73 Å². The molecule has 0 aromatic heterocycles. The van der Waals surface area contributed by atoms with Crippen LogP contribution in [-0.4, -0.2) is 25.2 Å². The summed E-state index contributed by atoms with van der Waals surface area (Å²) in [5, 5.41) is -0.750. The van der Waals surface area contributed by atoms with Gasteiger partial charge in [0.05, 0.1) is 4.99 Å². The van der Waals surface area contributed by atoms with E-state index in [9.17, 15) is 8.42 Å². The summed E-state index contributed by atoms with van der Waals surface area (Å²) in [6.45, 7) is 6.54. The van der Waals surface area contributed by atoms with Crippen LogP contribution in [0.4, 0.5) is 0 Å². The van der Waals surface area contributed by atoms with E-state index in [-0.39, 0.29) is 10.4 Å². The average Bonchev–Trinajstić information content (AvgIpc) is 2.95. The fourth-order valence-corrected chi connectivity index (χ4v) is 4.02. The standard InChI is InChI=1S/C11H22N2O2S2/c1-4-9(10(12)16)17(14,15)13-7-11(5-6-11)8(2)3/h8-9,13H,4-7H2,1-3H3,(H2,12,16). The van der Waals surface area contributed by atoms with E-state index in [1.807, 2.05) is 0 Å². The quantitative estimate of drug-likeness (QED) is 0.691. The molecule has 0 saturated heterocycles. The fraction of sp³-hybridized carbons (Fsp3) is 0.909. The highest BCUT2D eigenvalue weighted by Crippen LogP contribution is 2.51. The molecule has 1 aliphatic rings. The Morgan fingerprint density at radius 2 is 2.00 bits per heavy atom. The topological polar surface area (TPSA) is 72.2 Å². The van der Waals surface area contributed by atoms with Gasteiger partial charge in [0.15, 0.2) is 0 Å². The molecule has 0 aromatic rings. The smallest absolute Gasteiger partial charge is 0.221 e. The van der Waals surface area contributed by atoms with E-state index in [4.69, 9.17) is 18.0 Å². The Morgan fingerprint density at radius 3 is 2.29 bits per heavy atom. The molecule has 3 N–H and O–H groups in total. The van der Waals surface area contributed by atoms with Crippen molar-refractivity contribution in [1.82, 2.24) is 4.72 Å². The van der Waals surface area contributed by atoms with Gasteiger partial charge in [0.2, 0.25) is 10.0 Å². The second-order valence-corrected chi connectivity index (χ2v) is 7.60. The molecule has 0 radical (unpaired) electrons. The molecule has 0 heterocycles. The Morgan fingerprint density at radius 1 is 1.47 bits per heavy atom. The number of nitrogens with two attached hydrogens (primary N) is 1. The number of hydrogen-bond donors (Lipinski definition) is 2. The van der Waals surface area contributed by atoms with Gasteiger partial charge >= 0.3 is 0 Å². The highest BCUT2D eigenvalue weighted by molar-refractivity contribution is 7.93. The molecular formula is C11H22N2O2S2. The highest BCUT2D eigenvalue weighted by Gasteiger charge is 2.46. The molecule has 4 nitrogen and oxygen atoms in total. The van der Waals surface area contributed by atoms with Gasteiger partial charge in [-0.25, -0.2) is 13.1 Å². The zero-order chi connectivity index (χ0) is 13.3. The molecule has 0 amide bonds. The lowest BCUT2D eigenvalue weighted by atomic mass is 9.93. The average molecular weight is 278 g/mol. The van der Waals surface area contributed by atoms with Crippen LogP contribution in [0.2, 0.25) is 0 Å². The first kappa shape index (κ1) is 14.9. The van der Waals surface area contributed by atoms with Crippen molar-refractivity contribution in [3.05, 3.63) is 0 Å². The van der Waals surface area contributed by atoms with Gasteiger partial charge in [-0.05, 0) is 30.6 Å². The first-order valence-corrected chi connectivity index (χ1v) is 7.98. The van der Waals surface area contributed by atoms with Crippen LogP contribution in [0.15, 0.2) is 0 Å². The predicted octanol–water partition coefficient (Wildman–Crippen LogP) is 1.41. The Hall–Kier alpha value is -0.200. The van der Waals surface area contributed by atoms with E-state index in [1.165, 1.54) is 0 Å². The molecule has 1 rings (SSSR count). The SMILES string of the molecule is CCC(C(N)=S)S(=O)(=O)NCC1(C(C)C)CC1. The van der Waals surface area contributed by atoms with Gasteiger partial charge in [0.1, 0.15) is 5.25 Å². The van der Waals surface area contributed by atoms with Crippen molar-refractivity contribution in [1.29, 1.82) is 0 Å². The molecule has 100 valence electrons. The van der Waals surface area contributed by atoms with E-state index in [0.29, 0.717) is 18.9 Å². The summed E-state index contributed by atoms with van der Waals surface area (Å²) in [5.41, 5.74) is 5.61. The van der Waals surface area contributed by atoms with E-state index < -0.39 is 15.3 Å². The molecule has 1 unspecified atom stereocenters. The van der Waals surface area contributed by atoms with Crippen molar-refractivity contribution in [3.8, 4) is 0 Å². The minimum atomic E-state index is -3.41. The molecule has 0 aromatic carbocycles. The maximum Gasteiger partial charge on any atom is 0.221 e. The largest absolute Gasteiger partial charge is 0.392 e. The normalized spacial score (nSPS) is 20.2. The molecule has 1 aliphatic carbocycles. The van der Waals surface area contributed by atoms with Gasteiger partial charge in [0.25, 0.3) is 0 Å². The fourth-order valence-electron chi connectivity index (χ4n) is 2.04. The van der Waals surface area contributed by atoms with Crippen LogP contribution in [0.25, 0.3) is 0 Å². The molecule has 17 heavy (non-hydrogen) atoms. The van der Waals surface area contributed by atoms with Crippen LogP contribution in [0.3, 0.4) is 0 Å². The van der Waals surface area contributed by atoms with Crippen molar-refractivity contribution in [3.63, 3.8) is 0 Å². The summed E-state index contributed by atoms with van der Waals surface area (Å²) in [6, 6.07) is 0. The number of nitrogens with one attached hydrogen (secondary N) is 1. The summed E-state index contributed by atoms with van der Waals surface area (Å²) in [6.07, 6.45) is 2.60. The van der Waals surface area contributed by atoms with Crippen molar-refractivity contribution >= 4 is 27.2 Å². The summed E-state index contributed by atoms with van der Waals surface area (Å²) >= 11 is 4.80. The molecular weight excluding hydrogens is 256 g/mol. The van der Waals surface area contributed by atoms with Crippen LogP contribution in [0.1, 0.15) is 40.0 Å². The summed E-state index contributed by atoms with van der Waals surface area (Å²) in [7, 11) is -3.41.